The molecule has 1 aromatic carbocycles. The average Bonchev–Trinajstić information content (AvgIpc) is 2.38. The number of carbonyl (C=O) groups excluding carboxylic acids is 2. The standard InChI is InChI=1S/C13H11NO3/c1-17-13(16)8-10(9-14)7-12(15)11-5-3-2-4-6-11/h2-7H,8H2,1H3/b10-7-. The Morgan fingerprint density at radius 3 is 2.53 bits per heavy atom. The van der Waals surface area contributed by atoms with Crippen molar-refractivity contribution in [3.8, 4) is 6.07 Å². The summed E-state index contributed by atoms with van der Waals surface area (Å²) in [6.45, 7) is 0. The van der Waals surface area contributed by atoms with Gasteiger partial charge in [0.15, 0.2) is 5.78 Å². The van der Waals surface area contributed by atoms with Crippen molar-refractivity contribution in [2.75, 3.05) is 7.11 Å². The van der Waals surface area contributed by atoms with E-state index in [0.717, 1.165) is 6.08 Å². The van der Waals surface area contributed by atoms with E-state index in [-0.39, 0.29) is 17.8 Å². The Bertz CT molecular complexity index is 483. The lowest BCUT2D eigenvalue weighted by Gasteiger charge is -1.98. The van der Waals surface area contributed by atoms with E-state index < -0.39 is 5.97 Å². The molecular formula is C13H11NO3. The smallest absolute Gasteiger partial charge is 0.310 e. The van der Waals surface area contributed by atoms with Crippen LogP contribution in [0.15, 0.2) is 42.0 Å². The molecule has 86 valence electrons. The van der Waals surface area contributed by atoms with E-state index in [9.17, 15) is 9.59 Å². The highest BCUT2D eigenvalue weighted by Gasteiger charge is 2.08. The Morgan fingerprint density at radius 1 is 1.35 bits per heavy atom. The van der Waals surface area contributed by atoms with Crippen molar-refractivity contribution < 1.29 is 14.3 Å². The number of hydrogen-bond acceptors (Lipinski definition) is 4. The second-order valence-electron chi connectivity index (χ2n) is 3.26. The van der Waals surface area contributed by atoms with Crippen LogP contribution in [0.2, 0.25) is 0 Å². The molecule has 0 heterocycles. The van der Waals surface area contributed by atoms with Crippen molar-refractivity contribution >= 4 is 11.8 Å². The topological polar surface area (TPSA) is 67.2 Å². The molecule has 1 aromatic rings. The maximum atomic E-state index is 11.7. The molecule has 0 spiro atoms. The van der Waals surface area contributed by atoms with Gasteiger partial charge in [-0.25, -0.2) is 0 Å². The fraction of sp³-hybridized carbons (Fsp3) is 0.154. The molecule has 0 aliphatic rings. The molecule has 17 heavy (non-hydrogen) atoms. The van der Waals surface area contributed by atoms with Crippen LogP contribution in [0.3, 0.4) is 0 Å². The van der Waals surface area contributed by atoms with Gasteiger partial charge in [-0.3, -0.25) is 9.59 Å². The molecule has 0 bridgehead atoms. The molecule has 0 radical (unpaired) electrons. The second-order valence-corrected chi connectivity index (χ2v) is 3.26. The Hall–Kier alpha value is -2.41. The number of hydrogen-bond donors (Lipinski definition) is 0. The summed E-state index contributed by atoms with van der Waals surface area (Å²) in [6, 6.07) is 10.3. The third-order valence-corrected chi connectivity index (χ3v) is 2.07. The van der Waals surface area contributed by atoms with Crippen LogP contribution in [0.25, 0.3) is 0 Å². The number of methoxy groups -OCH3 is 1. The first-order valence-electron chi connectivity index (χ1n) is 4.94. The van der Waals surface area contributed by atoms with Crippen LogP contribution in [0.4, 0.5) is 0 Å². The first-order valence-corrected chi connectivity index (χ1v) is 4.94. The van der Waals surface area contributed by atoms with Crippen molar-refractivity contribution in [2.24, 2.45) is 0 Å². The molecule has 0 unspecified atom stereocenters. The molecule has 4 nitrogen and oxygen atoms in total. The minimum atomic E-state index is -0.543. The summed E-state index contributed by atoms with van der Waals surface area (Å²) >= 11 is 0. The van der Waals surface area contributed by atoms with Gasteiger partial charge >= 0.3 is 5.97 Å². The van der Waals surface area contributed by atoms with Gasteiger partial charge in [-0.2, -0.15) is 5.26 Å². The Labute approximate surface area is 99.1 Å². The van der Waals surface area contributed by atoms with E-state index in [1.54, 1.807) is 30.3 Å². The largest absolute Gasteiger partial charge is 0.469 e. The quantitative estimate of drug-likeness (QED) is 0.342. The highest BCUT2D eigenvalue weighted by Crippen LogP contribution is 2.06. The molecule has 0 aliphatic carbocycles. The number of benzene rings is 1. The van der Waals surface area contributed by atoms with Crippen LogP contribution in [-0.4, -0.2) is 18.9 Å². The van der Waals surface area contributed by atoms with Crippen LogP contribution in [0.5, 0.6) is 0 Å². The van der Waals surface area contributed by atoms with Crippen molar-refractivity contribution in [1.29, 1.82) is 5.26 Å². The number of ether oxygens (including phenoxy) is 1. The molecular weight excluding hydrogens is 218 g/mol. The molecule has 0 N–H and O–H groups in total. The van der Waals surface area contributed by atoms with Crippen LogP contribution in [-0.2, 0) is 9.53 Å². The maximum Gasteiger partial charge on any atom is 0.310 e. The minimum Gasteiger partial charge on any atom is -0.469 e. The summed E-state index contributed by atoms with van der Waals surface area (Å²) < 4.78 is 4.43. The van der Waals surface area contributed by atoms with E-state index in [0.29, 0.717) is 5.56 Å². The number of allylic oxidation sites excluding steroid dienone is 1. The number of nitrogens with zero attached hydrogens (tertiary/aromatic N) is 1. The summed E-state index contributed by atoms with van der Waals surface area (Å²) in [6.07, 6.45) is 0.970. The fourth-order valence-corrected chi connectivity index (χ4v) is 1.19. The fourth-order valence-electron chi connectivity index (χ4n) is 1.19. The molecule has 4 heteroatoms. The second kappa shape index (κ2) is 6.23. The highest BCUT2D eigenvalue weighted by atomic mass is 16.5. The molecule has 0 amide bonds. The van der Waals surface area contributed by atoms with Crippen molar-refractivity contribution in [3.63, 3.8) is 0 Å². The van der Waals surface area contributed by atoms with Gasteiger partial charge in [0.05, 0.1) is 19.6 Å². The van der Waals surface area contributed by atoms with E-state index in [4.69, 9.17) is 5.26 Å². The maximum absolute atomic E-state index is 11.7. The SMILES string of the molecule is COC(=O)C/C(C#N)=C/C(=O)c1ccccc1. The predicted molar refractivity (Wildman–Crippen MR) is 61.1 cm³/mol. The van der Waals surface area contributed by atoms with Crippen LogP contribution in [0.1, 0.15) is 16.8 Å². The minimum absolute atomic E-state index is 0.0886. The number of carbonyl (C=O) groups is 2. The molecule has 1 rings (SSSR count). The lowest BCUT2D eigenvalue weighted by molar-refractivity contribution is -0.139. The average molecular weight is 229 g/mol. The van der Waals surface area contributed by atoms with Crippen LogP contribution < -0.4 is 0 Å². The normalized spacial score (nSPS) is 10.5. The third-order valence-electron chi connectivity index (χ3n) is 2.07. The summed E-state index contributed by atoms with van der Waals surface area (Å²) in [4.78, 5) is 22.7. The predicted octanol–water partition coefficient (Wildman–Crippen LogP) is 1.88. The zero-order valence-electron chi connectivity index (χ0n) is 9.34. The lowest BCUT2D eigenvalue weighted by atomic mass is 10.1. The van der Waals surface area contributed by atoms with E-state index >= 15 is 0 Å². The first-order chi connectivity index (χ1) is 8.17. The van der Waals surface area contributed by atoms with Gasteiger partial charge in [-0.05, 0) is 0 Å². The van der Waals surface area contributed by atoms with Gasteiger partial charge in [0.2, 0.25) is 0 Å². The molecule has 0 atom stereocenters. The van der Waals surface area contributed by atoms with Gasteiger partial charge < -0.3 is 4.74 Å². The number of ketones is 1. The van der Waals surface area contributed by atoms with Gasteiger partial charge in [0.25, 0.3) is 0 Å². The molecule has 0 saturated carbocycles. The lowest BCUT2D eigenvalue weighted by Crippen LogP contribution is -2.03. The van der Waals surface area contributed by atoms with E-state index in [1.807, 2.05) is 6.07 Å². The van der Waals surface area contributed by atoms with Gasteiger partial charge in [-0.1, -0.05) is 30.3 Å². The zero-order valence-corrected chi connectivity index (χ0v) is 9.34. The van der Waals surface area contributed by atoms with Gasteiger partial charge in [0, 0.05) is 17.2 Å². The monoisotopic (exact) mass is 229 g/mol. The first kappa shape index (κ1) is 12.7. The number of esters is 1. The summed E-state index contributed by atoms with van der Waals surface area (Å²) in [5.74, 6) is -0.843. The van der Waals surface area contributed by atoms with Gasteiger partial charge in [0.1, 0.15) is 0 Å². The Kier molecular flexibility index (Phi) is 4.64. The third kappa shape index (κ3) is 3.92. The zero-order chi connectivity index (χ0) is 12.7. The molecule has 0 aromatic heterocycles. The van der Waals surface area contributed by atoms with E-state index in [2.05, 4.69) is 4.74 Å². The highest BCUT2D eigenvalue weighted by molar-refractivity contribution is 6.05. The molecule has 0 saturated heterocycles. The van der Waals surface area contributed by atoms with Gasteiger partial charge in [-0.15, -0.1) is 0 Å². The Balaban J connectivity index is 2.83. The van der Waals surface area contributed by atoms with E-state index in [1.165, 1.54) is 7.11 Å². The van der Waals surface area contributed by atoms with Crippen molar-refractivity contribution in [1.82, 2.24) is 0 Å². The van der Waals surface area contributed by atoms with Crippen molar-refractivity contribution in [3.05, 3.63) is 47.5 Å². The molecule has 0 fully saturated rings. The number of nitriles is 1. The van der Waals surface area contributed by atoms with Crippen LogP contribution in [0, 0.1) is 11.3 Å². The van der Waals surface area contributed by atoms with Crippen molar-refractivity contribution in [2.45, 2.75) is 6.42 Å². The number of rotatable bonds is 4. The summed E-state index contributed by atoms with van der Waals surface area (Å²) in [7, 11) is 1.23. The summed E-state index contributed by atoms with van der Waals surface area (Å²) in [5, 5.41) is 8.79. The van der Waals surface area contributed by atoms with Crippen LogP contribution >= 0.6 is 0 Å². The Morgan fingerprint density at radius 2 is 2.00 bits per heavy atom. The molecule has 0 aliphatic heterocycles. The summed E-state index contributed by atoms with van der Waals surface area (Å²) in [5.41, 5.74) is 0.566.